The Morgan fingerprint density at radius 1 is 1.22 bits per heavy atom. The predicted molar refractivity (Wildman–Crippen MR) is 79.0 cm³/mol. The minimum absolute atomic E-state index is 0.490. The molecular formula is C16H26N2. The van der Waals surface area contributed by atoms with E-state index in [0.717, 1.165) is 13.1 Å². The van der Waals surface area contributed by atoms with Crippen molar-refractivity contribution in [2.24, 2.45) is 11.7 Å². The van der Waals surface area contributed by atoms with Crippen LogP contribution in [0.5, 0.6) is 0 Å². The fraction of sp³-hybridized carbons (Fsp3) is 0.625. The lowest BCUT2D eigenvalue weighted by molar-refractivity contribution is 0.467. The predicted octanol–water partition coefficient (Wildman–Crippen LogP) is 3.20. The third-order valence-electron chi connectivity index (χ3n) is 3.85. The van der Waals surface area contributed by atoms with Crippen molar-refractivity contribution in [3.63, 3.8) is 0 Å². The molecule has 2 rings (SSSR count). The number of fused-ring (bicyclic) bond motifs is 1. The van der Waals surface area contributed by atoms with Gasteiger partial charge in [0.05, 0.1) is 0 Å². The first-order valence-corrected chi connectivity index (χ1v) is 7.27. The molecule has 0 radical (unpaired) electrons. The Hall–Kier alpha value is -1.02. The van der Waals surface area contributed by atoms with Gasteiger partial charge < -0.3 is 10.6 Å². The molecule has 2 heteroatoms. The first kappa shape index (κ1) is 13.4. The Morgan fingerprint density at radius 2 is 2.00 bits per heavy atom. The minimum atomic E-state index is 0.490. The van der Waals surface area contributed by atoms with Crippen LogP contribution in [0.15, 0.2) is 24.3 Å². The second kappa shape index (κ2) is 6.24. The second-order valence-corrected chi connectivity index (χ2v) is 5.80. The number of aryl methyl sites for hydroxylation is 1. The quantitative estimate of drug-likeness (QED) is 0.884. The molecule has 1 aliphatic heterocycles. The van der Waals surface area contributed by atoms with Crippen molar-refractivity contribution in [1.82, 2.24) is 0 Å². The standard InChI is InChI=1S/C16H26N2/c1-13(2)11-15(12-17)18-10-6-5-8-14-7-3-4-9-16(14)18/h3-4,7,9,13,15H,5-6,8,10-12,17H2,1-2H3. The van der Waals surface area contributed by atoms with E-state index in [9.17, 15) is 0 Å². The van der Waals surface area contributed by atoms with Gasteiger partial charge in [-0.1, -0.05) is 32.0 Å². The Morgan fingerprint density at radius 3 is 2.72 bits per heavy atom. The summed E-state index contributed by atoms with van der Waals surface area (Å²) >= 11 is 0. The van der Waals surface area contributed by atoms with Crippen LogP contribution in [-0.4, -0.2) is 19.1 Å². The molecule has 0 fully saturated rings. The van der Waals surface area contributed by atoms with Gasteiger partial charge in [0.1, 0.15) is 0 Å². The van der Waals surface area contributed by atoms with Gasteiger partial charge in [-0.15, -0.1) is 0 Å². The van der Waals surface area contributed by atoms with E-state index in [2.05, 4.69) is 43.0 Å². The lowest BCUT2D eigenvalue weighted by atomic mass is 10.0. The first-order valence-electron chi connectivity index (χ1n) is 7.27. The number of anilines is 1. The molecule has 2 nitrogen and oxygen atoms in total. The van der Waals surface area contributed by atoms with E-state index in [1.165, 1.54) is 36.9 Å². The van der Waals surface area contributed by atoms with Crippen LogP contribution in [-0.2, 0) is 6.42 Å². The zero-order valence-corrected chi connectivity index (χ0v) is 11.7. The van der Waals surface area contributed by atoms with E-state index in [1.807, 2.05) is 0 Å². The summed E-state index contributed by atoms with van der Waals surface area (Å²) in [5.74, 6) is 0.703. The van der Waals surface area contributed by atoms with Crippen molar-refractivity contribution in [3.8, 4) is 0 Å². The summed E-state index contributed by atoms with van der Waals surface area (Å²) in [5.41, 5.74) is 8.94. The Kier molecular flexibility index (Phi) is 4.65. The van der Waals surface area contributed by atoms with Crippen LogP contribution in [0.25, 0.3) is 0 Å². The topological polar surface area (TPSA) is 29.3 Å². The summed E-state index contributed by atoms with van der Waals surface area (Å²) in [6.45, 7) is 6.48. The largest absolute Gasteiger partial charge is 0.367 e. The highest BCUT2D eigenvalue weighted by Crippen LogP contribution is 2.29. The Labute approximate surface area is 111 Å². The smallest absolute Gasteiger partial charge is 0.0414 e. The van der Waals surface area contributed by atoms with Crippen molar-refractivity contribution >= 4 is 5.69 Å². The fourth-order valence-electron chi connectivity index (χ4n) is 2.99. The lowest BCUT2D eigenvalue weighted by Gasteiger charge is -2.34. The number of hydrogen-bond donors (Lipinski definition) is 1. The van der Waals surface area contributed by atoms with Crippen molar-refractivity contribution in [1.29, 1.82) is 0 Å². The number of hydrogen-bond acceptors (Lipinski definition) is 2. The monoisotopic (exact) mass is 246 g/mol. The lowest BCUT2D eigenvalue weighted by Crippen LogP contribution is -2.42. The molecule has 0 amide bonds. The number of nitrogens with two attached hydrogens (primary N) is 1. The van der Waals surface area contributed by atoms with Crippen molar-refractivity contribution in [2.45, 2.75) is 45.6 Å². The Balaban J connectivity index is 2.25. The van der Waals surface area contributed by atoms with Gasteiger partial charge in [-0.25, -0.2) is 0 Å². The minimum Gasteiger partial charge on any atom is -0.367 e. The van der Waals surface area contributed by atoms with Gasteiger partial charge in [0.2, 0.25) is 0 Å². The fourth-order valence-corrected chi connectivity index (χ4v) is 2.99. The van der Waals surface area contributed by atoms with Crippen LogP contribution in [0.4, 0.5) is 5.69 Å². The van der Waals surface area contributed by atoms with Gasteiger partial charge in [0.15, 0.2) is 0 Å². The maximum atomic E-state index is 6.02. The van der Waals surface area contributed by atoms with Gasteiger partial charge in [-0.3, -0.25) is 0 Å². The van der Waals surface area contributed by atoms with Crippen LogP contribution >= 0.6 is 0 Å². The summed E-state index contributed by atoms with van der Waals surface area (Å²) < 4.78 is 0. The van der Waals surface area contributed by atoms with E-state index in [0.29, 0.717) is 12.0 Å². The van der Waals surface area contributed by atoms with E-state index in [4.69, 9.17) is 5.73 Å². The van der Waals surface area contributed by atoms with E-state index in [1.54, 1.807) is 0 Å². The maximum absolute atomic E-state index is 6.02. The summed E-state index contributed by atoms with van der Waals surface area (Å²) in [5, 5.41) is 0. The SMILES string of the molecule is CC(C)CC(CN)N1CCCCc2ccccc21. The van der Waals surface area contributed by atoms with E-state index >= 15 is 0 Å². The molecule has 1 heterocycles. The molecule has 0 saturated heterocycles. The molecular weight excluding hydrogens is 220 g/mol. The molecule has 1 aromatic carbocycles. The normalized spacial score (nSPS) is 17.4. The number of rotatable bonds is 4. The van der Waals surface area contributed by atoms with Crippen molar-refractivity contribution in [2.75, 3.05) is 18.0 Å². The average Bonchev–Trinajstić information content (AvgIpc) is 2.58. The van der Waals surface area contributed by atoms with Crippen molar-refractivity contribution in [3.05, 3.63) is 29.8 Å². The van der Waals surface area contributed by atoms with Crippen LogP contribution in [0, 0.1) is 5.92 Å². The summed E-state index contributed by atoms with van der Waals surface area (Å²) in [7, 11) is 0. The van der Waals surface area contributed by atoms with Gasteiger partial charge in [0, 0.05) is 24.8 Å². The molecule has 2 N–H and O–H groups in total. The van der Waals surface area contributed by atoms with Crippen LogP contribution in [0.2, 0.25) is 0 Å². The average molecular weight is 246 g/mol. The molecule has 100 valence electrons. The molecule has 0 saturated carbocycles. The zero-order valence-electron chi connectivity index (χ0n) is 11.7. The highest BCUT2D eigenvalue weighted by molar-refractivity contribution is 5.55. The van der Waals surface area contributed by atoms with Gasteiger partial charge in [-0.05, 0) is 43.2 Å². The van der Waals surface area contributed by atoms with E-state index < -0.39 is 0 Å². The molecule has 0 aliphatic carbocycles. The molecule has 18 heavy (non-hydrogen) atoms. The summed E-state index contributed by atoms with van der Waals surface area (Å²) in [6, 6.07) is 9.34. The third kappa shape index (κ3) is 3.05. The summed E-state index contributed by atoms with van der Waals surface area (Å²) in [6.07, 6.45) is 4.98. The number of para-hydroxylation sites is 1. The molecule has 0 spiro atoms. The van der Waals surface area contributed by atoms with Crippen LogP contribution in [0.1, 0.15) is 38.7 Å². The van der Waals surface area contributed by atoms with Crippen LogP contribution < -0.4 is 10.6 Å². The first-order chi connectivity index (χ1) is 8.72. The zero-order chi connectivity index (χ0) is 13.0. The molecule has 1 aliphatic rings. The van der Waals surface area contributed by atoms with Gasteiger partial charge in [0.25, 0.3) is 0 Å². The van der Waals surface area contributed by atoms with Crippen molar-refractivity contribution < 1.29 is 0 Å². The highest BCUT2D eigenvalue weighted by Gasteiger charge is 2.22. The van der Waals surface area contributed by atoms with Gasteiger partial charge >= 0.3 is 0 Å². The van der Waals surface area contributed by atoms with Gasteiger partial charge in [-0.2, -0.15) is 0 Å². The summed E-state index contributed by atoms with van der Waals surface area (Å²) in [4.78, 5) is 2.56. The number of benzene rings is 1. The van der Waals surface area contributed by atoms with E-state index in [-0.39, 0.29) is 0 Å². The molecule has 0 bridgehead atoms. The highest BCUT2D eigenvalue weighted by atomic mass is 15.2. The maximum Gasteiger partial charge on any atom is 0.0414 e. The Bertz CT molecular complexity index is 373. The molecule has 1 unspecified atom stereocenters. The third-order valence-corrected chi connectivity index (χ3v) is 3.85. The molecule has 1 atom stereocenters. The molecule has 1 aromatic rings. The second-order valence-electron chi connectivity index (χ2n) is 5.80. The molecule has 0 aromatic heterocycles. The van der Waals surface area contributed by atoms with Crippen LogP contribution in [0.3, 0.4) is 0 Å². The number of nitrogens with zero attached hydrogens (tertiary/aromatic N) is 1.